The first-order chi connectivity index (χ1) is 17.5. The predicted octanol–water partition coefficient (Wildman–Crippen LogP) is 6.14. The van der Waals surface area contributed by atoms with Crippen molar-refractivity contribution in [3.8, 4) is 5.75 Å². The number of nitrogens with zero attached hydrogens (tertiary/aromatic N) is 2. The van der Waals surface area contributed by atoms with Crippen LogP contribution >= 0.6 is 23.1 Å². The third kappa shape index (κ3) is 5.60. The van der Waals surface area contributed by atoms with Crippen LogP contribution in [0.5, 0.6) is 5.75 Å². The number of hydrogen-bond acceptors (Lipinski definition) is 7. The minimum Gasteiger partial charge on any atom is -0.490 e. The number of amides is 1. The van der Waals surface area contributed by atoms with Gasteiger partial charge in [0, 0.05) is 47.3 Å². The van der Waals surface area contributed by atoms with E-state index < -0.39 is 0 Å². The molecule has 2 bridgehead atoms. The maximum absolute atomic E-state index is 13.4. The molecule has 188 valence electrons. The molecule has 2 aliphatic rings. The molecule has 5 rings (SSSR count). The summed E-state index contributed by atoms with van der Waals surface area (Å²) in [6.07, 6.45) is 3.74. The lowest BCUT2D eigenvalue weighted by molar-refractivity contribution is 0.0359. The number of piperidine rings is 1. The largest absolute Gasteiger partial charge is 0.490 e. The van der Waals surface area contributed by atoms with Gasteiger partial charge in [-0.25, -0.2) is 9.78 Å². The molecule has 3 heterocycles. The summed E-state index contributed by atoms with van der Waals surface area (Å²) in [6, 6.07) is 15.5. The Bertz CT molecular complexity index is 1200. The van der Waals surface area contributed by atoms with Crippen molar-refractivity contribution in [3.63, 3.8) is 0 Å². The van der Waals surface area contributed by atoms with E-state index in [1.165, 1.54) is 5.56 Å². The normalized spacial score (nSPS) is 20.8. The summed E-state index contributed by atoms with van der Waals surface area (Å²) in [7, 11) is 0. The highest BCUT2D eigenvalue weighted by molar-refractivity contribution is 8.00. The number of esters is 1. The number of aryl methyl sites for hydroxylation is 1. The van der Waals surface area contributed by atoms with Crippen LogP contribution in [0.3, 0.4) is 0 Å². The SMILES string of the molecule is CCOC(=O)c1ccc(OC2C[C@H]3CC[C@@H](C2)N3C(=O)c2ccc(CSc3nc(C)cs3)cc2)cc1. The molecule has 1 unspecified atom stereocenters. The molecule has 1 aromatic heterocycles. The first-order valence-corrected chi connectivity index (χ1v) is 14.3. The molecule has 36 heavy (non-hydrogen) atoms. The molecule has 8 heteroatoms. The second-order valence-corrected chi connectivity index (χ2v) is 11.4. The Balaban J connectivity index is 1.17. The van der Waals surface area contributed by atoms with E-state index in [4.69, 9.17) is 9.47 Å². The fourth-order valence-corrected chi connectivity index (χ4v) is 6.87. The molecule has 1 amide bonds. The van der Waals surface area contributed by atoms with E-state index in [1.54, 1.807) is 42.2 Å². The molecule has 0 radical (unpaired) electrons. The quantitative estimate of drug-likeness (QED) is 0.262. The van der Waals surface area contributed by atoms with E-state index in [9.17, 15) is 9.59 Å². The number of aromatic nitrogens is 1. The molecule has 0 spiro atoms. The number of hydrogen-bond donors (Lipinski definition) is 0. The van der Waals surface area contributed by atoms with Crippen molar-refractivity contribution in [2.24, 2.45) is 0 Å². The molecule has 6 nitrogen and oxygen atoms in total. The van der Waals surface area contributed by atoms with Crippen molar-refractivity contribution >= 4 is 35.0 Å². The van der Waals surface area contributed by atoms with Crippen LogP contribution in [-0.4, -0.2) is 46.6 Å². The van der Waals surface area contributed by atoms with Crippen LogP contribution in [0.2, 0.25) is 0 Å². The summed E-state index contributed by atoms with van der Waals surface area (Å²) < 4.78 is 12.4. The van der Waals surface area contributed by atoms with Crippen molar-refractivity contribution < 1.29 is 19.1 Å². The van der Waals surface area contributed by atoms with E-state index >= 15 is 0 Å². The van der Waals surface area contributed by atoms with Gasteiger partial charge in [0.15, 0.2) is 0 Å². The maximum atomic E-state index is 13.4. The average Bonchev–Trinajstić information content (AvgIpc) is 3.42. The van der Waals surface area contributed by atoms with E-state index in [0.717, 1.165) is 52.8 Å². The second-order valence-electron chi connectivity index (χ2n) is 9.29. The van der Waals surface area contributed by atoms with Gasteiger partial charge in [0.1, 0.15) is 16.2 Å². The second kappa shape index (κ2) is 11.0. The molecule has 2 aromatic carbocycles. The highest BCUT2D eigenvalue weighted by atomic mass is 32.2. The fraction of sp³-hybridized carbons (Fsp3) is 0.393. The Morgan fingerprint density at radius 1 is 1.03 bits per heavy atom. The van der Waals surface area contributed by atoms with Crippen molar-refractivity contribution in [3.05, 3.63) is 76.3 Å². The highest BCUT2D eigenvalue weighted by Gasteiger charge is 2.44. The van der Waals surface area contributed by atoms with Gasteiger partial charge in [-0.3, -0.25) is 4.79 Å². The van der Waals surface area contributed by atoms with Gasteiger partial charge >= 0.3 is 5.97 Å². The van der Waals surface area contributed by atoms with Gasteiger partial charge in [0.2, 0.25) is 0 Å². The summed E-state index contributed by atoms with van der Waals surface area (Å²) in [5, 5.41) is 2.06. The third-order valence-corrected chi connectivity index (χ3v) is 8.96. The lowest BCUT2D eigenvalue weighted by atomic mass is 9.98. The van der Waals surface area contributed by atoms with E-state index in [1.807, 2.05) is 31.2 Å². The fourth-order valence-electron chi connectivity index (χ4n) is 5.07. The Labute approximate surface area is 220 Å². The number of thiazole rings is 1. The number of carbonyl (C=O) groups excluding carboxylic acids is 2. The van der Waals surface area contributed by atoms with Crippen LogP contribution in [0.1, 0.15) is 64.6 Å². The topological polar surface area (TPSA) is 68.7 Å². The molecule has 0 aliphatic carbocycles. The van der Waals surface area contributed by atoms with Crippen LogP contribution in [0, 0.1) is 6.92 Å². The zero-order chi connectivity index (χ0) is 25.1. The Morgan fingerprint density at radius 3 is 2.31 bits per heavy atom. The molecule has 0 N–H and O–H groups in total. The summed E-state index contributed by atoms with van der Waals surface area (Å²) in [6.45, 7) is 4.15. The monoisotopic (exact) mass is 522 g/mol. The molecular weight excluding hydrogens is 492 g/mol. The standard InChI is InChI=1S/C28H30N2O4S2/c1-3-33-27(32)21-8-12-24(13-9-21)34-25-14-22-10-11-23(15-25)30(22)26(31)20-6-4-19(5-7-20)17-36-28-29-18(2)16-35-28/h4-9,12-13,16,22-23,25H,3,10-11,14-15,17H2,1-2H3/t22-,23+,25?. The number of thioether (sulfide) groups is 1. The number of ether oxygens (including phenoxy) is 2. The summed E-state index contributed by atoms with van der Waals surface area (Å²) >= 11 is 3.40. The van der Waals surface area contributed by atoms with Crippen LogP contribution in [0.15, 0.2) is 58.3 Å². The Morgan fingerprint density at radius 2 is 1.69 bits per heavy atom. The van der Waals surface area contributed by atoms with Crippen molar-refractivity contribution in [2.75, 3.05) is 6.61 Å². The highest BCUT2D eigenvalue weighted by Crippen LogP contribution is 2.38. The molecule has 2 fully saturated rings. The average molecular weight is 523 g/mol. The first-order valence-electron chi connectivity index (χ1n) is 12.4. The summed E-state index contributed by atoms with van der Waals surface area (Å²) in [5.74, 6) is 1.38. The van der Waals surface area contributed by atoms with E-state index in [2.05, 4.69) is 27.4 Å². The number of benzene rings is 2. The third-order valence-electron chi connectivity index (χ3n) is 6.75. The zero-order valence-electron chi connectivity index (χ0n) is 20.5. The van der Waals surface area contributed by atoms with Gasteiger partial charge in [0.05, 0.1) is 12.2 Å². The lowest BCUT2D eigenvalue weighted by Gasteiger charge is -2.39. The number of fused-ring (bicyclic) bond motifs is 2. The van der Waals surface area contributed by atoms with Crippen LogP contribution in [0.4, 0.5) is 0 Å². The summed E-state index contributed by atoms with van der Waals surface area (Å²) in [5.41, 5.74) is 3.51. The summed E-state index contributed by atoms with van der Waals surface area (Å²) in [4.78, 5) is 31.9. The smallest absolute Gasteiger partial charge is 0.338 e. The van der Waals surface area contributed by atoms with Gasteiger partial charge in [-0.15, -0.1) is 11.3 Å². The number of carbonyl (C=O) groups is 2. The van der Waals surface area contributed by atoms with Gasteiger partial charge < -0.3 is 14.4 Å². The van der Waals surface area contributed by atoms with Crippen molar-refractivity contribution in [1.29, 1.82) is 0 Å². The van der Waals surface area contributed by atoms with Crippen LogP contribution < -0.4 is 4.74 Å². The molecule has 0 saturated carbocycles. The Kier molecular flexibility index (Phi) is 7.62. The van der Waals surface area contributed by atoms with Gasteiger partial charge in [-0.2, -0.15) is 0 Å². The molecule has 3 aromatic rings. The van der Waals surface area contributed by atoms with E-state index in [-0.39, 0.29) is 30.1 Å². The van der Waals surface area contributed by atoms with Crippen molar-refractivity contribution in [2.45, 2.75) is 67.8 Å². The molecule has 3 atom stereocenters. The molecule has 2 aliphatic heterocycles. The van der Waals surface area contributed by atoms with E-state index in [0.29, 0.717) is 12.2 Å². The zero-order valence-corrected chi connectivity index (χ0v) is 22.1. The Hall–Kier alpha value is -2.84. The maximum Gasteiger partial charge on any atom is 0.338 e. The molecular formula is C28H30N2O4S2. The van der Waals surface area contributed by atoms with Crippen molar-refractivity contribution in [1.82, 2.24) is 9.88 Å². The van der Waals surface area contributed by atoms with Crippen LogP contribution in [0.25, 0.3) is 0 Å². The van der Waals surface area contributed by atoms with Crippen LogP contribution in [-0.2, 0) is 10.5 Å². The molecule has 2 saturated heterocycles. The minimum atomic E-state index is -0.324. The lowest BCUT2D eigenvalue weighted by Crippen LogP contribution is -2.49. The first kappa shape index (κ1) is 24.8. The van der Waals surface area contributed by atoms with Gasteiger partial charge in [-0.1, -0.05) is 23.9 Å². The predicted molar refractivity (Wildman–Crippen MR) is 142 cm³/mol. The van der Waals surface area contributed by atoms with Gasteiger partial charge in [-0.05, 0) is 68.7 Å². The minimum absolute atomic E-state index is 0.0638. The van der Waals surface area contributed by atoms with Gasteiger partial charge in [0.25, 0.3) is 5.91 Å². The number of rotatable bonds is 8.